The summed E-state index contributed by atoms with van der Waals surface area (Å²) in [5.74, 6) is -0.399. The van der Waals surface area contributed by atoms with Crippen LogP contribution in [0.4, 0.5) is 0 Å². The number of rotatable bonds is 7. The van der Waals surface area contributed by atoms with Crippen molar-refractivity contribution in [1.82, 2.24) is 10.2 Å². The summed E-state index contributed by atoms with van der Waals surface area (Å²) in [5, 5.41) is 4.25. The van der Waals surface area contributed by atoms with Crippen LogP contribution in [0.2, 0.25) is 15.1 Å². The van der Waals surface area contributed by atoms with E-state index in [0.717, 1.165) is 11.1 Å². The van der Waals surface area contributed by atoms with Gasteiger partial charge < -0.3 is 10.2 Å². The van der Waals surface area contributed by atoms with Crippen molar-refractivity contribution in [2.45, 2.75) is 45.8 Å². The van der Waals surface area contributed by atoms with Gasteiger partial charge in [0.2, 0.25) is 11.8 Å². The Morgan fingerprint density at radius 1 is 0.964 bits per heavy atom. The minimum absolute atomic E-state index is 0.0202. The number of nitrogens with zero attached hydrogens (tertiary/aromatic N) is 1. The largest absolute Gasteiger partial charge is 0.352 e. The van der Waals surface area contributed by atoms with Gasteiger partial charge in [-0.2, -0.15) is 0 Å². The van der Waals surface area contributed by atoms with Gasteiger partial charge in [0.25, 0.3) is 0 Å². The molecule has 2 rings (SSSR count). The molecule has 2 aromatic rings. The normalized spacial score (nSPS) is 12.0. The van der Waals surface area contributed by atoms with Crippen molar-refractivity contribution in [3.8, 4) is 0 Å². The van der Waals surface area contributed by atoms with Gasteiger partial charge in [-0.25, -0.2) is 0 Å². The Hall–Kier alpha value is -1.75. The predicted molar refractivity (Wildman–Crippen MR) is 115 cm³/mol. The minimum atomic E-state index is -0.642. The quantitative estimate of drug-likeness (QED) is 0.647. The van der Waals surface area contributed by atoms with Gasteiger partial charge in [-0.15, -0.1) is 0 Å². The van der Waals surface area contributed by atoms with Crippen LogP contribution in [0.1, 0.15) is 31.9 Å². The van der Waals surface area contributed by atoms with E-state index in [4.69, 9.17) is 34.8 Å². The van der Waals surface area contributed by atoms with Crippen molar-refractivity contribution in [3.63, 3.8) is 0 Å². The monoisotopic (exact) mass is 440 g/mol. The number of carbonyl (C=O) groups excluding carboxylic acids is 2. The molecule has 4 nitrogen and oxygen atoms in total. The smallest absolute Gasteiger partial charge is 0.242 e. The zero-order valence-corrected chi connectivity index (χ0v) is 18.3. The van der Waals surface area contributed by atoms with Gasteiger partial charge in [-0.1, -0.05) is 53.0 Å². The summed E-state index contributed by atoms with van der Waals surface area (Å²) >= 11 is 18.1. The molecule has 0 aliphatic carbocycles. The van der Waals surface area contributed by atoms with E-state index >= 15 is 0 Å². The Balaban J connectivity index is 2.26. The number of hydrogen-bond acceptors (Lipinski definition) is 2. The second-order valence-corrected chi connectivity index (χ2v) is 8.17. The molecule has 7 heteroatoms. The molecule has 2 aromatic carbocycles. The van der Waals surface area contributed by atoms with Crippen LogP contribution in [0.3, 0.4) is 0 Å². The third-order valence-electron chi connectivity index (χ3n) is 4.18. The fraction of sp³-hybridized carbons (Fsp3) is 0.333. The lowest BCUT2D eigenvalue weighted by Gasteiger charge is -2.29. The molecule has 0 radical (unpaired) electrons. The number of carbonyl (C=O) groups is 2. The topological polar surface area (TPSA) is 49.4 Å². The molecule has 0 bridgehead atoms. The average Bonchev–Trinajstić information content (AvgIpc) is 2.61. The summed E-state index contributed by atoms with van der Waals surface area (Å²) in [6.07, 6.45) is 0.108. The number of benzene rings is 2. The summed E-state index contributed by atoms with van der Waals surface area (Å²) in [6, 6.07) is 11.7. The van der Waals surface area contributed by atoms with Crippen LogP contribution < -0.4 is 5.32 Å². The van der Waals surface area contributed by atoms with E-state index in [9.17, 15) is 9.59 Å². The summed E-state index contributed by atoms with van der Waals surface area (Å²) in [6.45, 7) is 5.75. The van der Waals surface area contributed by atoms with E-state index in [1.807, 2.05) is 26.0 Å². The molecule has 0 spiro atoms. The first-order valence-corrected chi connectivity index (χ1v) is 10.1. The van der Waals surface area contributed by atoms with Gasteiger partial charge in [0.1, 0.15) is 6.04 Å². The average molecular weight is 442 g/mol. The van der Waals surface area contributed by atoms with Crippen LogP contribution in [-0.2, 0) is 22.6 Å². The lowest BCUT2D eigenvalue weighted by atomic mass is 10.1. The van der Waals surface area contributed by atoms with E-state index in [1.165, 1.54) is 0 Å². The molecule has 0 aliphatic heterocycles. The molecule has 1 N–H and O–H groups in total. The lowest BCUT2D eigenvalue weighted by molar-refractivity contribution is -0.140. The zero-order valence-electron chi connectivity index (χ0n) is 16.0. The molecular weight excluding hydrogens is 419 g/mol. The summed E-state index contributed by atoms with van der Waals surface area (Å²) in [7, 11) is 0. The third-order valence-corrected chi connectivity index (χ3v) is 5.15. The van der Waals surface area contributed by atoms with Crippen LogP contribution in [0, 0.1) is 0 Å². The van der Waals surface area contributed by atoms with Gasteiger partial charge in [0.15, 0.2) is 0 Å². The SMILES string of the molecule is CC(C)NC(=O)C(C)N(Cc1cccc(Cl)c1)C(=O)Cc1ccc(Cl)c(Cl)c1. The van der Waals surface area contributed by atoms with Crippen LogP contribution in [0.5, 0.6) is 0 Å². The van der Waals surface area contributed by atoms with Crippen molar-refractivity contribution in [2.24, 2.45) is 0 Å². The van der Waals surface area contributed by atoms with Gasteiger partial charge in [-0.3, -0.25) is 9.59 Å². The van der Waals surface area contributed by atoms with Crippen LogP contribution >= 0.6 is 34.8 Å². The fourth-order valence-corrected chi connectivity index (χ4v) is 3.28. The van der Waals surface area contributed by atoms with E-state index in [2.05, 4.69) is 5.32 Å². The highest BCUT2D eigenvalue weighted by Crippen LogP contribution is 2.23. The molecule has 0 heterocycles. The first-order valence-electron chi connectivity index (χ1n) is 8.95. The second kappa shape index (κ2) is 10.1. The molecule has 0 saturated heterocycles. The maximum atomic E-state index is 13.1. The Kier molecular flexibility index (Phi) is 8.17. The van der Waals surface area contributed by atoms with Crippen molar-refractivity contribution in [1.29, 1.82) is 0 Å². The molecule has 150 valence electrons. The summed E-state index contributed by atoms with van der Waals surface area (Å²) < 4.78 is 0. The highest BCUT2D eigenvalue weighted by molar-refractivity contribution is 6.42. The van der Waals surface area contributed by atoms with E-state index < -0.39 is 6.04 Å². The Morgan fingerprint density at radius 2 is 1.68 bits per heavy atom. The first kappa shape index (κ1) is 22.5. The highest BCUT2D eigenvalue weighted by atomic mass is 35.5. The molecule has 0 saturated carbocycles. The number of nitrogens with one attached hydrogen (secondary N) is 1. The van der Waals surface area contributed by atoms with Crippen LogP contribution in [0.25, 0.3) is 0 Å². The summed E-state index contributed by atoms with van der Waals surface area (Å²) in [4.78, 5) is 27.2. The lowest BCUT2D eigenvalue weighted by Crippen LogP contribution is -2.49. The van der Waals surface area contributed by atoms with Crippen molar-refractivity contribution in [3.05, 3.63) is 68.7 Å². The van der Waals surface area contributed by atoms with Gasteiger partial charge in [0, 0.05) is 17.6 Å². The number of amides is 2. The fourth-order valence-electron chi connectivity index (χ4n) is 2.75. The maximum absolute atomic E-state index is 13.1. The van der Waals surface area contributed by atoms with Gasteiger partial charge in [-0.05, 0) is 56.2 Å². The standard InChI is InChI=1S/C21H23Cl3N2O2/c1-13(2)25-21(28)14(3)26(12-16-5-4-6-17(22)9-16)20(27)11-15-7-8-18(23)19(24)10-15/h4-10,13-14H,11-12H2,1-3H3,(H,25,28). The maximum Gasteiger partial charge on any atom is 0.242 e. The second-order valence-electron chi connectivity index (χ2n) is 6.92. The van der Waals surface area contributed by atoms with E-state index in [1.54, 1.807) is 42.2 Å². The highest BCUT2D eigenvalue weighted by Gasteiger charge is 2.26. The molecule has 28 heavy (non-hydrogen) atoms. The molecule has 0 fully saturated rings. The van der Waals surface area contributed by atoms with Crippen LogP contribution in [-0.4, -0.2) is 28.8 Å². The van der Waals surface area contributed by atoms with E-state index in [-0.39, 0.29) is 30.8 Å². The molecular formula is C21H23Cl3N2O2. The van der Waals surface area contributed by atoms with E-state index in [0.29, 0.717) is 15.1 Å². The molecule has 2 amide bonds. The van der Waals surface area contributed by atoms with Crippen LogP contribution in [0.15, 0.2) is 42.5 Å². The van der Waals surface area contributed by atoms with Crippen molar-refractivity contribution in [2.75, 3.05) is 0 Å². The first-order chi connectivity index (χ1) is 13.2. The Labute approximate surface area is 180 Å². The van der Waals surface area contributed by atoms with Crippen molar-refractivity contribution < 1.29 is 9.59 Å². The minimum Gasteiger partial charge on any atom is -0.352 e. The van der Waals surface area contributed by atoms with Gasteiger partial charge >= 0.3 is 0 Å². The number of hydrogen-bond donors (Lipinski definition) is 1. The predicted octanol–water partition coefficient (Wildman–Crippen LogP) is 5.13. The van der Waals surface area contributed by atoms with Gasteiger partial charge in [0.05, 0.1) is 16.5 Å². The van der Waals surface area contributed by atoms with Crippen molar-refractivity contribution >= 4 is 46.6 Å². The molecule has 1 atom stereocenters. The third kappa shape index (κ3) is 6.40. The summed E-state index contributed by atoms with van der Waals surface area (Å²) in [5.41, 5.74) is 1.58. The number of halogens is 3. The zero-order chi connectivity index (χ0) is 20.8. The molecule has 0 aliphatic rings. The Morgan fingerprint density at radius 3 is 2.29 bits per heavy atom. The Bertz CT molecular complexity index is 855. The molecule has 1 unspecified atom stereocenters. The molecule has 0 aromatic heterocycles.